The number of hydrogen-bond donors (Lipinski definition) is 0. The van der Waals surface area contributed by atoms with Gasteiger partial charge in [-0.05, 0) is 121 Å². The van der Waals surface area contributed by atoms with Crippen molar-refractivity contribution in [2.24, 2.45) is 0 Å². The molecule has 90 heavy (non-hydrogen) atoms. The Balaban J connectivity index is 0.835. The summed E-state index contributed by atoms with van der Waals surface area (Å²) in [4.78, 5) is 16.8. The van der Waals surface area contributed by atoms with E-state index in [9.17, 15) is 0 Å². The van der Waals surface area contributed by atoms with Crippen molar-refractivity contribution in [1.82, 2.24) is 28.7 Å². The van der Waals surface area contributed by atoms with Crippen molar-refractivity contribution in [2.45, 2.75) is 57.8 Å². The van der Waals surface area contributed by atoms with E-state index in [4.69, 9.17) is 15.0 Å². The first-order valence-corrected chi connectivity index (χ1v) is 31.5. The monoisotopic (exact) mass is 1150 g/mol. The van der Waals surface area contributed by atoms with Gasteiger partial charge in [0.25, 0.3) is 0 Å². The van der Waals surface area contributed by atoms with Crippen molar-refractivity contribution in [3.63, 3.8) is 0 Å². The number of aromatic nitrogens is 6. The molecule has 3 aliphatic carbocycles. The molecule has 16 aromatic rings. The van der Waals surface area contributed by atoms with E-state index in [1.807, 2.05) is 0 Å². The van der Waals surface area contributed by atoms with Crippen molar-refractivity contribution in [1.29, 1.82) is 0 Å². The lowest BCUT2D eigenvalue weighted by Gasteiger charge is -2.24. The summed E-state index contributed by atoms with van der Waals surface area (Å²) in [5.41, 5.74) is 28.1. The van der Waals surface area contributed by atoms with Gasteiger partial charge in [-0.1, -0.05) is 242 Å². The molecule has 0 atom stereocenters. The van der Waals surface area contributed by atoms with Crippen molar-refractivity contribution in [3.05, 3.63) is 288 Å². The molecule has 12 aromatic carbocycles. The molecule has 6 heteroatoms. The number of rotatable bonds is 6. The van der Waals surface area contributed by atoms with Crippen LogP contribution in [0.3, 0.4) is 0 Å². The van der Waals surface area contributed by atoms with Gasteiger partial charge in [-0.3, -0.25) is 0 Å². The maximum atomic E-state index is 5.59. The SMILES string of the molecule is CC1(C)c2ccccc2-c2ccc3c4ccccc4n(-c4cccc(-c5nc(-c6cccc(-n7c8ccccc8c8ccc9c(c87)C(C)(C)c7ccccc7-9)c6)nc(-c6cccc(-n7c8ccccc8c8ccc9c(c87)C(C)(C)c7ccccc7-9)c6)n5)c4)c3c21. The van der Waals surface area contributed by atoms with Crippen molar-refractivity contribution in [3.8, 4) is 84.6 Å². The van der Waals surface area contributed by atoms with Crippen LogP contribution in [0, 0.1) is 0 Å². The number of para-hydroxylation sites is 3. The van der Waals surface area contributed by atoms with E-state index in [1.54, 1.807) is 0 Å². The zero-order valence-corrected chi connectivity index (χ0v) is 50.9. The zero-order chi connectivity index (χ0) is 60.1. The van der Waals surface area contributed by atoms with Crippen LogP contribution in [0.15, 0.2) is 255 Å². The van der Waals surface area contributed by atoms with Crippen LogP contribution in [0.4, 0.5) is 0 Å². The highest BCUT2D eigenvalue weighted by Crippen LogP contribution is 2.56. The second-order valence-corrected chi connectivity index (χ2v) is 26.7. The van der Waals surface area contributed by atoms with E-state index in [0.717, 1.165) is 50.3 Å². The number of nitrogens with zero attached hydrogens (tertiary/aromatic N) is 6. The van der Waals surface area contributed by atoms with E-state index in [-0.39, 0.29) is 16.2 Å². The molecule has 4 heterocycles. The molecule has 0 spiro atoms. The van der Waals surface area contributed by atoms with Gasteiger partial charge in [0, 0.05) is 82.3 Å². The zero-order valence-electron chi connectivity index (χ0n) is 50.9. The number of hydrogen-bond acceptors (Lipinski definition) is 3. The molecule has 0 unspecified atom stereocenters. The van der Waals surface area contributed by atoms with E-state index >= 15 is 0 Å². The summed E-state index contributed by atoms with van der Waals surface area (Å²) in [5, 5.41) is 7.38. The molecule has 0 saturated carbocycles. The van der Waals surface area contributed by atoms with Gasteiger partial charge in [-0.15, -0.1) is 0 Å². The Morgan fingerprint density at radius 2 is 0.522 bits per heavy atom. The Bertz CT molecular complexity index is 5260. The number of benzene rings is 12. The lowest BCUT2D eigenvalue weighted by molar-refractivity contribution is 0.663. The van der Waals surface area contributed by atoms with Crippen molar-refractivity contribution in [2.75, 3.05) is 0 Å². The van der Waals surface area contributed by atoms with Gasteiger partial charge in [0.15, 0.2) is 17.5 Å². The average Bonchev–Trinajstić information content (AvgIpc) is 1.56. The highest BCUT2D eigenvalue weighted by molar-refractivity contribution is 6.16. The van der Waals surface area contributed by atoms with Crippen LogP contribution in [0.25, 0.3) is 150 Å². The molecule has 19 rings (SSSR count). The van der Waals surface area contributed by atoms with Crippen molar-refractivity contribution >= 4 is 65.4 Å². The van der Waals surface area contributed by atoms with E-state index < -0.39 is 0 Å². The van der Waals surface area contributed by atoms with Crippen LogP contribution in [-0.2, 0) is 16.2 Å². The first-order chi connectivity index (χ1) is 43.9. The first kappa shape index (κ1) is 51.1. The maximum Gasteiger partial charge on any atom is 0.164 e. The first-order valence-electron chi connectivity index (χ1n) is 31.5. The van der Waals surface area contributed by atoms with Gasteiger partial charge >= 0.3 is 0 Å². The predicted molar refractivity (Wildman–Crippen MR) is 372 cm³/mol. The summed E-state index contributed by atoms with van der Waals surface area (Å²) in [5.74, 6) is 1.78. The molecule has 0 fully saturated rings. The molecule has 4 aromatic heterocycles. The van der Waals surface area contributed by atoms with Crippen LogP contribution in [0.1, 0.15) is 74.9 Å². The predicted octanol–water partition coefficient (Wildman–Crippen LogP) is 21.1. The fraction of sp³-hybridized carbons (Fsp3) is 0.107. The molecule has 0 N–H and O–H groups in total. The van der Waals surface area contributed by atoms with E-state index in [2.05, 4.69) is 310 Å². The molecule has 0 amide bonds. The normalized spacial score (nSPS) is 14.6. The third-order valence-corrected chi connectivity index (χ3v) is 20.8. The van der Waals surface area contributed by atoms with Gasteiger partial charge in [-0.25, -0.2) is 15.0 Å². The molecular weight excluding hydrogens is 1090 g/mol. The molecule has 3 aliphatic rings. The van der Waals surface area contributed by atoms with E-state index in [1.165, 1.54) is 116 Å². The van der Waals surface area contributed by atoms with Gasteiger partial charge < -0.3 is 13.7 Å². The minimum atomic E-state index is -0.239. The molecule has 426 valence electrons. The second-order valence-electron chi connectivity index (χ2n) is 26.7. The Morgan fingerprint density at radius 1 is 0.244 bits per heavy atom. The largest absolute Gasteiger partial charge is 0.309 e. The summed E-state index contributed by atoms with van der Waals surface area (Å²) in [7, 11) is 0. The Kier molecular flexibility index (Phi) is 10.3. The van der Waals surface area contributed by atoms with Crippen LogP contribution in [-0.4, -0.2) is 28.7 Å². The minimum absolute atomic E-state index is 0.239. The lowest BCUT2D eigenvalue weighted by Crippen LogP contribution is -2.16. The summed E-state index contributed by atoms with van der Waals surface area (Å²) in [6.45, 7) is 14.3. The summed E-state index contributed by atoms with van der Waals surface area (Å²) in [6, 6.07) is 94.0. The maximum absolute atomic E-state index is 5.59. The van der Waals surface area contributed by atoms with Crippen molar-refractivity contribution < 1.29 is 0 Å². The molecule has 0 radical (unpaired) electrons. The highest BCUT2D eigenvalue weighted by Gasteiger charge is 2.41. The Morgan fingerprint density at radius 3 is 0.833 bits per heavy atom. The van der Waals surface area contributed by atoms with Crippen LogP contribution < -0.4 is 0 Å². The Hall–Kier alpha value is -11.0. The number of fused-ring (bicyclic) bond motifs is 21. The standard InChI is InChI=1S/C84H60N6/c1-82(2)67-34-13-7-28-55(67)61-40-43-64-58-31-10-16-37-70(58)88(76(64)73(61)82)52-25-19-22-49(46-52)79-85-80(50-23-20-26-53(47-50)89-71-38-17-11-32-59(71)65-44-41-62-56-29-8-14-35-68(56)83(3,4)74(62)77(65)89)87-81(86-79)51-24-21-27-54(48-51)90-72-39-18-12-33-60(72)66-45-42-63-57-30-9-15-36-69(57)84(5,6)75(63)78(66)90/h7-48H,1-6H3. The van der Waals surface area contributed by atoms with Crippen LogP contribution in [0.5, 0.6) is 0 Å². The fourth-order valence-electron chi connectivity index (χ4n) is 16.9. The third kappa shape index (κ3) is 6.80. The molecular formula is C84H60N6. The van der Waals surface area contributed by atoms with Gasteiger partial charge in [0.2, 0.25) is 0 Å². The van der Waals surface area contributed by atoms with E-state index in [0.29, 0.717) is 17.5 Å². The Labute approximate surface area is 521 Å². The topological polar surface area (TPSA) is 53.5 Å². The average molecular weight is 1150 g/mol. The highest BCUT2D eigenvalue weighted by atomic mass is 15.1. The molecule has 0 saturated heterocycles. The summed E-state index contributed by atoms with van der Waals surface area (Å²) in [6.07, 6.45) is 0. The van der Waals surface area contributed by atoms with Crippen LogP contribution in [0.2, 0.25) is 0 Å². The molecule has 0 aliphatic heterocycles. The second kappa shape index (κ2) is 18.1. The minimum Gasteiger partial charge on any atom is -0.309 e. The third-order valence-electron chi connectivity index (χ3n) is 20.8. The fourth-order valence-corrected chi connectivity index (χ4v) is 16.9. The van der Waals surface area contributed by atoms with Crippen LogP contribution >= 0.6 is 0 Å². The van der Waals surface area contributed by atoms with Gasteiger partial charge in [-0.2, -0.15) is 0 Å². The van der Waals surface area contributed by atoms with Gasteiger partial charge in [0.1, 0.15) is 0 Å². The molecule has 0 bridgehead atoms. The summed E-state index contributed by atoms with van der Waals surface area (Å²) >= 11 is 0. The quantitative estimate of drug-likeness (QED) is 0.167. The lowest BCUT2D eigenvalue weighted by atomic mass is 9.81. The van der Waals surface area contributed by atoms with Gasteiger partial charge in [0.05, 0.1) is 33.1 Å². The summed E-state index contributed by atoms with van der Waals surface area (Å²) < 4.78 is 7.46. The molecule has 6 nitrogen and oxygen atoms in total. The smallest absolute Gasteiger partial charge is 0.164 e.